The van der Waals surface area contributed by atoms with Gasteiger partial charge in [-0.2, -0.15) is 5.10 Å². The first-order valence-corrected chi connectivity index (χ1v) is 6.85. The summed E-state index contributed by atoms with van der Waals surface area (Å²) in [7, 11) is 0. The molecule has 21 heavy (non-hydrogen) atoms. The van der Waals surface area contributed by atoms with Gasteiger partial charge in [-0.1, -0.05) is 6.07 Å². The van der Waals surface area contributed by atoms with E-state index >= 15 is 0 Å². The maximum absolute atomic E-state index is 13.2. The maximum atomic E-state index is 13.2. The van der Waals surface area contributed by atoms with E-state index in [4.69, 9.17) is 4.74 Å². The average molecular weight is 289 g/mol. The van der Waals surface area contributed by atoms with Crippen molar-refractivity contribution >= 4 is 0 Å². The predicted molar refractivity (Wildman–Crippen MR) is 79.8 cm³/mol. The van der Waals surface area contributed by atoms with Crippen LogP contribution in [-0.4, -0.2) is 15.7 Å². The molecule has 5 heteroatoms. The summed E-state index contributed by atoms with van der Waals surface area (Å²) in [6.45, 7) is 8.75. The van der Waals surface area contributed by atoms with Crippen molar-refractivity contribution in [1.82, 2.24) is 15.5 Å². The Morgan fingerprint density at radius 3 is 2.52 bits per heavy atom. The van der Waals surface area contributed by atoms with E-state index in [0.717, 1.165) is 11.3 Å². The SMILES string of the molecule is Cc1ccc(F)cc1Oc1ccc(CNC(C)(C)C)nn1. The van der Waals surface area contributed by atoms with Crippen molar-refractivity contribution in [3.05, 3.63) is 47.4 Å². The molecule has 0 aliphatic heterocycles. The molecule has 1 N–H and O–H groups in total. The van der Waals surface area contributed by atoms with E-state index in [1.54, 1.807) is 12.1 Å². The summed E-state index contributed by atoms with van der Waals surface area (Å²) in [5.74, 6) is 0.461. The number of hydrogen-bond donors (Lipinski definition) is 1. The first-order chi connectivity index (χ1) is 9.83. The van der Waals surface area contributed by atoms with E-state index in [-0.39, 0.29) is 11.4 Å². The minimum Gasteiger partial charge on any atom is -0.437 e. The molecule has 112 valence electrons. The summed E-state index contributed by atoms with van der Waals surface area (Å²) in [6.07, 6.45) is 0. The number of halogens is 1. The van der Waals surface area contributed by atoms with Crippen LogP contribution in [0.5, 0.6) is 11.6 Å². The molecule has 0 aliphatic rings. The van der Waals surface area contributed by atoms with Gasteiger partial charge in [0.05, 0.1) is 5.69 Å². The molecule has 2 rings (SSSR count). The number of aryl methyl sites for hydroxylation is 1. The monoisotopic (exact) mass is 289 g/mol. The molecule has 0 saturated heterocycles. The van der Waals surface area contributed by atoms with Crippen LogP contribution in [0.1, 0.15) is 32.0 Å². The Morgan fingerprint density at radius 2 is 1.90 bits per heavy atom. The maximum Gasteiger partial charge on any atom is 0.238 e. The fourth-order valence-electron chi connectivity index (χ4n) is 1.65. The van der Waals surface area contributed by atoms with Crippen molar-refractivity contribution in [3.63, 3.8) is 0 Å². The van der Waals surface area contributed by atoms with Crippen molar-refractivity contribution < 1.29 is 9.13 Å². The van der Waals surface area contributed by atoms with Gasteiger partial charge in [-0.25, -0.2) is 4.39 Å². The molecule has 0 radical (unpaired) electrons. The van der Waals surface area contributed by atoms with Gasteiger partial charge in [0.2, 0.25) is 5.88 Å². The molecular weight excluding hydrogens is 269 g/mol. The molecule has 1 aromatic heterocycles. The number of ether oxygens (including phenoxy) is 1. The molecule has 0 saturated carbocycles. The molecule has 0 unspecified atom stereocenters. The van der Waals surface area contributed by atoms with E-state index < -0.39 is 0 Å². The van der Waals surface area contributed by atoms with Crippen molar-refractivity contribution in [3.8, 4) is 11.6 Å². The number of nitrogens with one attached hydrogen (secondary N) is 1. The first kappa shape index (κ1) is 15.4. The predicted octanol–water partition coefficient (Wildman–Crippen LogP) is 3.60. The third kappa shape index (κ3) is 4.79. The van der Waals surface area contributed by atoms with Crippen molar-refractivity contribution in [2.24, 2.45) is 0 Å². The summed E-state index contributed by atoms with van der Waals surface area (Å²) in [5.41, 5.74) is 1.69. The highest BCUT2D eigenvalue weighted by Crippen LogP contribution is 2.24. The Kier molecular flexibility index (Phi) is 4.53. The second-order valence-corrected chi connectivity index (χ2v) is 5.98. The fourth-order valence-corrected chi connectivity index (χ4v) is 1.65. The van der Waals surface area contributed by atoms with Gasteiger partial charge in [-0.05, 0) is 45.4 Å². The zero-order valence-electron chi connectivity index (χ0n) is 12.8. The molecule has 0 aliphatic carbocycles. The van der Waals surface area contributed by atoms with Gasteiger partial charge in [0.1, 0.15) is 11.6 Å². The molecule has 0 atom stereocenters. The third-order valence-electron chi connectivity index (χ3n) is 2.86. The Labute approximate surface area is 124 Å². The van der Waals surface area contributed by atoms with Gasteiger partial charge in [-0.3, -0.25) is 0 Å². The third-order valence-corrected chi connectivity index (χ3v) is 2.86. The number of hydrogen-bond acceptors (Lipinski definition) is 4. The highest BCUT2D eigenvalue weighted by atomic mass is 19.1. The van der Waals surface area contributed by atoms with Gasteiger partial charge < -0.3 is 10.1 Å². The quantitative estimate of drug-likeness (QED) is 0.934. The van der Waals surface area contributed by atoms with Gasteiger partial charge in [0.25, 0.3) is 0 Å². The molecule has 0 amide bonds. The van der Waals surface area contributed by atoms with Gasteiger partial charge in [0.15, 0.2) is 0 Å². The van der Waals surface area contributed by atoms with Crippen molar-refractivity contribution in [2.45, 2.75) is 39.8 Å². The van der Waals surface area contributed by atoms with Crippen LogP contribution in [0.25, 0.3) is 0 Å². The standard InChI is InChI=1S/C16H20FN3O/c1-11-5-6-12(17)9-14(11)21-15-8-7-13(19-20-15)10-18-16(2,3)4/h5-9,18H,10H2,1-4H3. The van der Waals surface area contributed by atoms with E-state index in [2.05, 4.69) is 36.3 Å². The van der Waals surface area contributed by atoms with Crippen LogP contribution >= 0.6 is 0 Å². The smallest absolute Gasteiger partial charge is 0.238 e. The van der Waals surface area contributed by atoms with Crippen LogP contribution in [-0.2, 0) is 6.54 Å². The minimum atomic E-state index is -0.338. The molecule has 0 fully saturated rings. The molecular formula is C16H20FN3O. The van der Waals surface area contributed by atoms with Crippen LogP contribution < -0.4 is 10.1 Å². The van der Waals surface area contributed by atoms with Crippen molar-refractivity contribution in [2.75, 3.05) is 0 Å². The van der Waals surface area contributed by atoms with E-state index in [1.807, 2.05) is 13.0 Å². The van der Waals surface area contributed by atoms with Gasteiger partial charge >= 0.3 is 0 Å². The first-order valence-electron chi connectivity index (χ1n) is 6.85. The lowest BCUT2D eigenvalue weighted by Gasteiger charge is -2.19. The largest absolute Gasteiger partial charge is 0.437 e. The fraction of sp³-hybridized carbons (Fsp3) is 0.375. The molecule has 2 aromatic rings. The summed E-state index contributed by atoms with van der Waals surface area (Å²) < 4.78 is 18.8. The number of benzene rings is 1. The Morgan fingerprint density at radius 1 is 1.14 bits per heavy atom. The number of aromatic nitrogens is 2. The highest BCUT2D eigenvalue weighted by Gasteiger charge is 2.10. The summed E-state index contributed by atoms with van der Waals surface area (Å²) in [4.78, 5) is 0. The van der Waals surface area contributed by atoms with E-state index in [1.165, 1.54) is 12.1 Å². The topological polar surface area (TPSA) is 47.0 Å². The summed E-state index contributed by atoms with van der Waals surface area (Å²) in [5, 5.41) is 11.4. The van der Waals surface area contributed by atoms with E-state index in [9.17, 15) is 4.39 Å². The zero-order valence-corrected chi connectivity index (χ0v) is 12.8. The second kappa shape index (κ2) is 6.18. The van der Waals surface area contributed by atoms with E-state index in [0.29, 0.717) is 18.2 Å². The highest BCUT2D eigenvalue weighted by molar-refractivity contribution is 5.35. The lowest BCUT2D eigenvalue weighted by Crippen LogP contribution is -2.35. The average Bonchev–Trinajstić information content (AvgIpc) is 2.41. The molecule has 0 bridgehead atoms. The number of rotatable bonds is 4. The van der Waals surface area contributed by atoms with Crippen molar-refractivity contribution in [1.29, 1.82) is 0 Å². The van der Waals surface area contributed by atoms with Crippen LogP contribution in [0.4, 0.5) is 4.39 Å². The minimum absolute atomic E-state index is 0.0233. The Balaban J connectivity index is 2.04. The molecule has 1 heterocycles. The van der Waals surface area contributed by atoms with Gasteiger partial charge in [-0.15, -0.1) is 5.10 Å². The Hall–Kier alpha value is -2.01. The lowest BCUT2D eigenvalue weighted by atomic mass is 10.1. The zero-order chi connectivity index (χ0) is 15.5. The normalized spacial score (nSPS) is 11.5. The summed E-state index contributed by atoms with van der Waals surface area (Å²) >= 11 is 0. The second-order valence-electron chi connectivity index (χ2n) is 5.98. The number of nitrogens with zero attached hydrogens (tertiary/aromatic N) is 2. The van der Waals surface area contributed by atoms with Crippen LogP contribution in [0, 0.1) is 12.7 Å². The lowest BCUT2D eigenvalue weighted by molar-refractivity contribution is 0.416. The van der Waals surface area contributed by atoms with Gasteiger partial charge in [0, 0.05) is 24.2 Å². The molecule has 1 aromatic carbocycles. The molecule has 0 spiro atoms. The Bertz CT molecular complexity index is 606. The van der Waals surface area contributed by atoms with Crippen LogP contribution in [0.2, 0.25) is 0 Å². The van der Waals surface area contributed by atoms with Crippen LogP contribution in [0.3, 0.4) is 0 Å². The van der Waals surface area contributed by atoms with Crippen LogP contribution in [0.15, 0.2) is 30.3 Å². The molecule has 4 nitrogen and oxygen atoms in total. The summed E-state index contributed by atoms with van der Waals surface area (Å²) in [6, 6.07) is 7.98.